The van der Waals surface area contributed by atoms with Crippen LogP contribution in [0.3, 0.4) is 0 Å². The minimum Gasteiger partial charge on any atom is -0.0940 e. The Hall–Kier alpha value is -0.990. The Morgan fingerprint density at radius 3 is 2.57 bits per heavy atom. The van der Waals surface area contributed by atoms with Gasteiger partial charge in [0, 0.05) is 15.9 Å². The summed E-state index contributed by atoms with van der Waals surface area (Å²) in [4.78, 5) is 2.71. The van der Waals surface area contributed by atoms with Gasteiger partial charge in [0.2, 0.25) is 0 Å². The normalized spacial score (nSPS) is 9.50. The maximum absolute atomic E-state index is 8.07. The molecule has 0 fully saturated rings. The first-order chi connectivity index (χ1) is 6.83. The minimum atomic E-state index is 0.604. The molecule has 1 rings (SSSR count). The third-order valence-electron chi connectivity index (χ3n) is 1.95. The number of azide groups is 1. The van der Waals surface area contributed by atoms with Crippen molar-refractivity contribution in [1.29, 1.82) is 0 Å². The van der Waals surface area contributed by atoms with E-state index in [1.54, 1.807) is 0 Å². The molecule has 74 valence electrons. The third kappa shape index (κ3) is 4.30. The number of unbranched alkanes of at least 4 members (excludes halogenated alkanes) is 1. The Labute approximate surface area is 91.9 Å². The summed E-state index contributed by atoms with van der Waals surface area (Å²) in [7, 11) is 0. The van der Waals surface area contributed by atoms with E-state index in [1.165, 1.54) is 5.56 Å². The highest BCUT2D eigenvalue weighted by Gasteiger charge is 1.92. The molecule has 0 heterocycles. The summed E-state index contributed by atoms with van der Waals surface area (Å²) in [6.07, 6.45) is 3.08. The van der Waals surface area contributed by atoms with Crippen LogP contribution in [0.1, 0.15) is 18.4 Å². The lowest BCUT2D eigenvalue weighted by atomic mass is 10.1. The fourth-order valence-corrected chi connectivity index (χ4v) is 1.47. The van der Waals surface area contributed by atoms with Crippen LogP contribution in [0.25, 0.3) is 10.4 Å². The molecule has 0 radical (unpaired) electrons. The molecule has 0 amide bonds. The van der Waals surface area contributed by atoms with E-state index in [4.69, 9.17) is 5.53 Å². The maximum atomic E-state index is 8.07. The maximum Gasteiger partial charge on any atom is 0.0258 e. The number of rotatable bonds is 5. The minimum absolute atomic E-state index is 0.604. The largest absolute Gasteiger partial charge is 0.0940 e. The van der Waals surface area contributed by atoms with Crippen molar-refractivity contribution in [1.82, 2.24) is 0 Å². The van der Waals surface area contributed by atoms with E-state index in [-0.39, 0.29) is 0 Å². The molecule has 1 aromatic carbocycles. The van der Waals surface area contributed by atoms with Crippen molar-refractivity contribution in [3.05, 3.63) is 44.7 Å². The van der Waals surface area contributed by atoms with Gasteiger partial charge < -0.3 is 0 Å². The number of hydrogen-bond acceptors (Lipinski definition) is 1. The fraction of sp³-hybridized carbons (Fsp3) is 0.400. The van der Waals surface area contributed by atoms with E-state index in [0.29, 0.717) is 6.54 Å². The summed E-state index contributed by atoms with van der Waals surface area (Å²) in [6, 6.07) is 8.31. The molecule has 0 aliphatic carbocycles. The van der Waals surface area contributed by atoms with Gasteiger partial charge in [0.25, 0.3) is 0 Å². The summed E-state index contributed by atoms with van der Waals surface area (Å²) >= 11 is 3.39. The van der Waals surface area contributed by atoms with E-state index in [2.05, 4.69) is 38.1 Å². The van der Waals surface area contributed by atoms with Crippen LogP contribution in [-0.2, 0) is 6.42 Å². The second-order valence-corrected chi connectivity index (χ2v) is 3.95. The van der Waals surface area contributed by atoms with E-state index < -0.39 is 0 Å². The van der Waals surface area contributed by atoms with Crippen LogP contribution in [0, 0.1) is 0 Å². The monoisotopic (exact) mass is 253 g/mol. The van der Waals surface area contributed by atoms with Gasteiger partial charge in [0.05, 0.1) is 0 Å². The van der Waals surface area contributed by atoms with Gasteiger partial charge in [0.1, 0.15) is 0 Å². The molecule has 0 atom stereocenters. The Bertz CT molecular complexity index is 315. The zero-order valence-corrected chi connectivity index (χ0v) is 9.44. The Morgan fingerprint density at radius 2 is 1.93 bits per heavy atom. The second kappa shape index (κ2) is 6.46. The Kier molecular flexibility index (Phi) is 5.12. The van der Waals surface area contributed by atoms with Crippen LogP contribution in [0.15, 0.2) is 33.9 Å². The van der Waals surface area contributed by atoms with Crippen molar-refractivity contribution in [3.8, 4) is 0 Å². The fourth-order valence-electron chi connectivity index (χ4n) is 1.21. The molecule has 0 saturated carbocycles. The van der Waals surface area contributed by atoms with Crippen molar-refractivity contribution in [2.75, 3.05) is 6.54 Å². The number of nitrogens with zero attached hydrogens (tertiary/aromatic N) is 3. The van der Waals surface area contributed by atoms with Gasteiger partial charge in [-0.25, -0.2) is 0 Å². The molecule has 4 heteroatoms. The molecule has 0 aromatic heterocycles. The molecule has 0 N–H and O–H groups in total. The molecular formula is C10H12BrN3. The van der Waals surface area contributed by atoms with Gasteiger partial charge in [-0.1, -0.05) is 33.2 Å². The molecule has 0 aliphatic rings. The van der Waals surface area contributed by atoms with E-state index >= 15 is 0 Å². The van der Waals surface area contributed by atoms with Crippen molar-refractivity contribution in [2.45, 2.75) is 19.3 Å². The molecule has 0 aliphatic heterocycles. The number of hydrogen-bond donors (Lipinski definition) is 0. The zero-order chi connectivity index (χ0) is 10.2. The molecule has 14 heavy (non-hydrogen) atoms. The highest BCUT2D eigenvalue weighted by molar-refractivity contribution is 9.10. The highest BCUT2D eigenvalue weighted by Crippen LogP contribution is 2.12. The zero-order valence-electron chi connectivity index (χ0n) is 7.86. The summed E-state index contributed by atoms with van der Waals surface area (Å²) < 4.78 is 1.11. The predicted octanol–water partition coefficient (Wildman–Crippen LogP) is 4.08. The van der Waals surface area contributed by atoms with Crippen molar-refractivity contribution < 1.29 is 0 Å². The average Bonchev–Trinajstić information content (AvgIpc) is 2.21. The first-order valence-corrected chi connectivity index (χ1v) is 5.37. The quantitative estimate of drug-likeness (QED) is 0.329. The molecule has 3 nitrogen and oxygen atoms in total. The standard InChI is InChI=1S/C10H12BrN3/c11-10-6-4-9(5-7-10)3-1-2-8-13-14-12/h4-7H,1-3,8H2. The predicted molar refractivity (Wildman–Crippen MR) is 61.1 cm³/mol. The number of aryl methyl sites for hydroxylation is 1. The average molecular weight is 254 g/mol. The van der Waals surface area contributed by atoms with Gasteiger partial charge in [-0.15, -0.1) is 0 Å². The Morgan fingerprint density at radius 1 is 1.21 bits per heavy atom. The summed E-state index contributed by atoms with van der Waals surface area (Å²) in [6.45, 7) is 0.604. The SMILES string of the molecule is [N-]=[N+]=NCCCCc1ccc(Br)cc1. The van der Waals surface area contributed by atoms with Crippen molar-refractivity contribution in [3.63, 3.8) is 0 Å². The summed E-state index contributed by atoms with van der Waals surface area (Å²) in [5, 5.41) is 3.49. The van der Waals surface area contributed by atoms with Crippen molar-refractivity contribution in [2.24, 2.45) is 5.11 Å². The van der Waals surface area contributed by atoms with Crippen LogP contribution in [0.4, 0.5) is 0 Å². The molecule has 0 spiro atoms. The third-order valence-corrected chi connectivity index (χ3v) is 2.48. The number of benzene rings is 1. The second-order valence-electron chi connectivity index (χ2n) is 3.04. The van der Waals surface area contributed by atoms with Crippen LogP contribution >= 0.6 is 15.9 Å². The lowest BCUT2D eigenvalue weighted by Crippen LogP contribution is -1.86. The lowest BCUT2D eigenvalue weighted by Gasteiger charge is -1.99. The van der Waals surface area contributed by atoms with Gasteiger partial charge in [-0.05, 0) is 42.5 Å². The summed E-state index contributed by atoms with van der Waals surface area (Å²) in [5.41, 5.74) is 9.39. The Balaban J connectivity index is 2.24. The molecule has 0 bridgehead atoms. The van der Waals surface area contributed by atoms with Gasteiger partial charge in [0.15, 0.2) is 0 Å². The van der Waals surface area contributed by atoms with Crippen LogP contribution < -0.4 is 0 Å². The number of halogens is 1. The topological polar surface area (TPSA) is 48.8 Å². The lowest BCUT2D eigenvalue weighted by molar-refractivity contribution is 0.742. The van der Waals surface area contributed by atoms with Gasteiger partial charge in [-0.2, -0.15) is 0 Å². The van der Waals surface area contributed by atoms with Gasteiger partial charge in [-0.3, -0.25) is 0 Å². The van der Waals surface area contributed by atoms with Crippen LogP contribution in [-0.4, -0.2) is 6.54 Å². The van der Waals surface area contributed by atoms with E-state index in [1.807, 2.05) is 12.1 Å². The molecule has 1 aromatic rings. The van der Waals surface area contributed by atoms with Crippen LogP contribution in [0.2, 0.25) is 0 Å². The highest BCUT2D eigenvalue weighted by atomic mass is 79.9. The molecule has 0 unspecified atom stereocenters. The first kappa shape index (κ1) is 11.1. The molecule has 0 saturated heterocycles. The van der Waals surface area contributed by atoms with E-state index in [9.17, 15) is 0 Å². The van der Waals surface area contributed by atoms with Gasteiger partial charge >= 0.3 is 0 Å². The molecular weight excluding hydrogens is 242 g/mol. The van der Waals surface area contributed by atoms with E-state index in [0.717, 1.165) is 23.7 Å². The first-order valence-electron chi connectivity index (χ1n) is 4.58. The van der Waals surface area contributed by atoms with Crippen molar-refractivity contribution >= 4 is 15.9 Å². The van der Waals surface area contributed by atoms with Crippen LogP contribution in [0.5, 0.6) is 0 Å². The smallest absolute Gasteiger partial charge is 0.0258 e. The summed E-state index contributed by atoms with van der Waals surface area (Å²) in [5.74, 6) is 0.